The summed E-state index contributed by atoms with van der Waals surface area (Å²) in [6.45, 7) is 4.61. The van der Waals surface area contributed by atoms with Crippen LogP contribution in [-0.2, 0) is 26.0 Å². The zero-order valence-electron chi connectivity index (χ0n) is 18.1. The maximum atomic E-state index is 12.6. The Labute approximate surface area is 187 Å². The molecular formula is C22H27N3O6S. The summed E-state index contributed by atoms with van der Waals surface area (Å²) < 4.78 is 36.4. The van der Waals surface area contributed by atoms with Gasteiger partial charge in [0.2, 0.25) is 10.0 Å². The number of carbonyl (C=O) groups is 2. The minimum atomic E-state index is -3.53. The van der Waals surface area contributed by atoms with Gasteiger partial charge >= 0.3 is 5.97 Å². The van der Waals surface area contributed by atoms with E-state index in [1.807, 2.05) is 12.1 Å². The molecule has 0 bridgehead atoms. The van der Waals surface area contributed by atoms with Crippen molar-refractivity contribution >= 4 is 33.3 Å². The number of morpholine rings is 1. The van der Waals surface area contributed by atoms with Crippen LogP contribution < -0.4 is 14.9 Å². The molecule has 9 nitrogen and oxygen atoms in total. The molecule has 1 aliphatic heterocycles. The molecule has 2 aromatic rings. The molecule has 2 aromatic carbocycles. The van der Waals surface area contributed by atoms with Crippen LogP contribution in [0.3, 0.4) is 0 Å². The summed E-state index contributed by atoms with van der Waals surface area (Å²) in [5, 5.41) is 2.80. The molecule has 0 unspecified atom stereocenters. The molecule has 172 valence electrons. The molecule has 1 amide bonds. The summed E-state index contributed by atoms with van der Waals surface area (Å²) in [5.41, 5.74) is 2.50. The SMILES string of the molecule is CCS(=O)(=O)Nc1cc(CNC(=O)c2ccc(N3CCOCC3)cc2)cc(C(=O)OC)c1. The molecule has 1 heterocycles. The van der Waals surface area contributed by atoms with Crippen molar-refractivity contribution in [1.82, 2.24) is 5.32 Å². The number of anilines is 2. The van der Waals surface area contributed by atoms with Crippen LogP contribution in [0.15, 0.2) is 42.5 Å². The van der Waals surface area contributed by atoms with Crippen LogP contribution in [0.2, 0.25) is 0 Å². The fraction of sp³-hybridized carbons (Fsp3) is 0.364. The normalized spacial score (nSPS) is 14.0. The van der Waals surface area contributed by atoms with Gasteiger partial charge in [-0.25, -0.2) is 13.2 Å². The van der Waals surface area contributed by atoms with Crippen molar-refractivity contribution in [3.63, 3.8) is 0 Å². The van der Waals surface area contributed by atoms with Crippen LogP contribution in [0.25, 0.3) is 0 Å². The Morgan fingerprint density at radius 2 is 1.75 bits per heavy atom. The molecule has 0 atom stereocenters. The number of rotatable bonds is 8. The van der Waals surface area contributed by atoms with Gasteiger partial charge in [0.25, 0.3) is 5.91 Å². The topological polar surface area (TPSA) is 114 Å². The van der Waals surface area contributed by atoms with Crippen molar-refractivity contribution in [2.24, 2.45) is 0 Å². The highest BCUT2D eigenvalue weighted by Crippen LogP contribution is 2.19. The van der Waals surface area contributed by atoms with Crippen molar-refractivity contribution < 1.29 is 27.5 Å². The molecular weight excluding hydrogens is 434 g/mol. The highest BCUT2D eigenvalue weighted by atomic mass is 32.2. The van der Waals surface area contributed by atoms with Crippen LogP contribution in [0.1, 0.15) is 33.2 Å². The zero-order chi connectivity index (χ0) is 23.1. The van der Waals surface area contributed by atoms with Crippen molar-refractivity contribution in [2.45, 2.75) is 13.5 Å². The van der Waals surface area contributed by atoms with E-state index >= 15 is 0 Å². The number of hydrogen-bond donors (Lipinski definition) is 2. The van der Waals surface area contributed by atoms with Gasteiger partial charge in [-0.15, -0.1) is 0 Å². The van der Waals surface area contributed by atoms with Crippen LogP contribution >= 0.6 is 0 Å². The number of amides is 1. The number of ether oxygens (including phenoxy) is 2. The van der Waals surface area contributed by atoms with Gasteiger partial charge in [-0.05, 0) is 55.0 Å². The first-order valence-electron chi connectivity index (χ1n) is 10.2. The molecule has 1 fully saturated rings. The Balaban J connectivity index is 1.70. The van der Waals surface area contributed by atoms with Crippen molar-refractivity contribution in [2.75, 3.05) is 48.8 Å². The largest absolute Gasteiger partial charge is 0.465 e. The van der Waals surface area contributed by atoms with E-state index in [4.69, 9.17) is 9.47 Å². The molecule has 0 aliphatic carbocycles. The summed E-state index contributed by atoms with van der Waals surface area (Å²) >= 11 is 0. The lowest BCUT2D eigenvalue weighted by Crippen LogP contribution is -2.36. The predicted molar refractivity (Wildman–Crippen MR) is 122 cm³/mol. The van der Waals surface area contributed by atoms with Crippen LogP contribution in [0.5, 0.6) is 0 Å². The second-order valence-corrected chi connectivity index (χ2v) is 9.26. The van der Waals surface area contributed by atoms with E-state index in [-0.39, 0.29) is 29.5 Å². The van der Waals surface area contributed by atoms with E-state index in [0.29, 0.717) is 24.3 Å². The molecule has 1 saturated heterocycles. The maximum absolute atomic E-state index is 12.6. The molecule has 10 heteroatoms. The number of esters is 1. The number of benzene rings is 2. The first kappa shape index (κ1) is 23.6. The molecule has 32 heavy (non-hydrogen) atoms. The molecule has 0 aromatic heterocycles. The number of nitrogens with zero attached hydrogens (tertiary/aromatic N) is 1. The average molecular weight is 462 g/mol. The second-order valence-electron chi connectivity index (χ2n) is 7.24. The van der Waals surface area contributed by atoms with E-state index in [1.165, 1.54) is 20.1 Å². The lowest BCUT2D eigenvalue weighted by Gasteiger charge is -2.28. The third-order valence-electron chi connectivity index (χ3n) is 5.03. The molecule has 0 saturated carbocycles. The number of nitrogens with one attached hydrogen (secondary N) is 2. The molecule has 3 rings (SSSR count). The lowest BCUT2D eigenvalue weighted by atomic mass is 10.1. The first-order valence-corrected chi connectivity index (χ1v) is 11.9. The average Bonchev–Trinajstić information content (AvgIpc) is 2.82. The van der Waals surface area contributed by atoms with Gasteiger partial charge in [-0.2, -0.15) is 0 Å². The Bertz CT molecular complexity index is 1060. The van der Waals surface area contributed by atoms with Gasteiger partial charge in [0.15, 0.2) is 0 Å². The predicted octanol–water partition coefficient (Wildman–Crippen LogP) is 2.00. The highest BCUT2D eigenvalue weighted by molar-refractivity contribution is 7.92. The van der Waals surface area contributed by atoms with Crippen LogP contribution in [0, 0.1) is 0 Å². The number of sulfonamides is 1. The molecule has 0 spiro atoms. The van der Waals surface area contributed by atoms with E-state index in [0.717, 1.165) is 18.8 Å². The third kappa shape index (κ3) is 6.21. The van der Waals surface area contributed by atoms with Gasteiger partial charge < -0.3 is 19.7 Å². The van der Waals surface area contributed by atoms with Gasteiger partial charge in [-0.3, -0.25) is 9.52 Å². The third-order valence-corrected chi connectivity index (χ3v) is 6.33. The molecule has 0 radical (unpaired) electrons. The van der Waals surface area contributed by atoms with E-state index in [2.05, 4.69) is 14.9 Å². The lowest BCUT2D eigenvalue weighted by molar-refractivity contribution is 0.0600. The van der Waals surface area contributed by atoms with Crippen molar-refractivity contribution in [3.8, 4) is 0 Å². The van der Waals surface area contributed by atoms with E-state index < -0.39 is 16.0 Å². The monoisotopic (exact) mass is 461 g/mol. The minimum Gasteiger partial charge on any atom is -0.465 e. The standard InChI is InChI=1S/C22H27N3O6S/c1-3-32(28,29)24-19-13-16(12-18(14-19)22(27)30-2)15-23-21(26)17-4-6-20(7-5-17)25-8-10-31-11-9-25/h4-7,12-14,24H,3,8-11,15H2,1-2H3,(H,23,26). The summed E-state index contributed by atoms with van der Waals surface area (Å²) in [5.74, 6) is -0.992. The molecule has 1 aliphatic rings. The van der Waals surface area contributed by atoms with Gasteiger partial charge in [0.05, 0.1) is 31.6 Å². The van der Waals surface area contributed by atoms with Crippen LogP contribution in [0.4, 0.5) is 11.4 Å². The van der Waals surface area contributed by atoms with Gasteiger partial charge in [0, 0.05) is 36.6 Å². The summed E-state index contributed by atoms with van der Waals surface area (Å²) in [7, 11) is -2.28. The van der Waals surface area contributed by atoms with Crippen LogP contribution in [-0.4, -0.2) is 59.5 Å². The van der Waals surface area contributed by atoms with Crippen molar-refractivity contribution in [3.05, 3.63) is 59.2 Å². The quantitative estimate of drug-likeness (QED) is 0.578. The first-order chi connectivity index (χ1) is 15.3. The Morgan fingerprint density at radius 1 is 1.06 bits per heavy atom. The highest BCUT2D eigenvalue weighted by Gasteiger charge is 2.15. The fourth-order valence-electron chi connectivity index (χ4n) is 3.27. The number of methoxy groups -OCH3 is 1. The number of hydrogen-bond acceptors (Lipinski definition) is 7. The zero-order valence-corrected chi connectivity index (χ0v) is 18.9. The fourth-order valence-corrected chi connectivity index (χ4v) is 3.89. The Kier molecular flexibility index (Phi) is 7.70. The van der Waals surface area contributed by atoms with E-state index in [9.17, 15) is 18.0 Å². The smallest absolute Gasteiger partial charge is 0.337 e. The molecule has 2 N–H and O–H groups in total. The summed E-state index contributed by atoms with van der Waals surface area (Å²) in [6.07, 6.45) is 0. The summed E-state index contributed by atoms with van der Waals surface area (Å²) in [6, 6.07) is 11.8. The van der Waals surface area contributed by atoms with Crippen molar-refractivity contribution in [1.29, 1.82) is 0 Å². The summed E-state index contributed by atoms with van der Waals surface area (Å²) in [4.78, 5) is 26.8. The van der Waals surface area contributed by atoms with Gasteiger partial charge in [-0.1, -0.05) is 0 Å². The minimum absolute atomic E-state index is 0.107. The maximum Gasteiger partial charge on any atom is 0.337 e. The second kappa shape index (κ2) is 10.5. The van der Waals surface area contributed by atoms with E-state index in [1.54, 1.807) is 24.3 Å². The number of carbonyl (C=O) groups excluding carboxylic acids is 2. The Hall–Kier alpha value is -3.11. The van der Waals surface area contributed by atoms with Gasteiger partial charge in [0.1, 0.15) is 0 Å². The Morgan fingerprint density at radius 3 is 2.38 bits per heavy atom.